The Morgan fingerprint density at radius 2 is 1.84 bits per heavy atom. The van der Waals surface area contributed by atoms with Crippen molar-refractivity contribution < 1.29 is 0 Å². The van der Waals surface area contributed by atoms with Crippen LogP contribution < -0.4 is 10.6 Å². The number of anilines is 2. The molecular weight excluding hydrogens is 232 g/mol. The molecule has 2 rings (SSSR count). The molecule has 0 spiro atoms. The van der Waals surface area contributed by atoms with Crippen LogP contribution in [0.2, 0.25) is 0 Å². The molecule has 0 aromatic heterocycles. The zero-order valence-corrected chi connectivity index (χ0v) is 11.9. The van der Waals surface area contributed by atoms with Gasteiger partial charge in [0.15, 0.2) is 0 Å². The van der Waals surface area contributed by atoms with E-state index in [2.05, 4.69) is 62.1 Å². The lowest BCUT2D eigenvalue weighted by atomic mass is 10.0. The van der Waals surface area contributed by atoms with E-state index in [1.54, 1.807) is 0 Å². The molecule has 0 fully saturated rings. The molecule has 0 aliphatic rings. The summed E-state index contributed by atoms with van der Waals surface area (Å²) in [4.78, 5) is 2.39. The molecular formula is C17H22N2. The average Bonchev–Trinajstić information content (AvgIpc) is 2.39. The van der Waals surface area contributed by atoms with Crippen molar-refractivity contribution in [1.82, 2.24) is 0 Å². The summed E-state index contributed by atoms with van der Waals surface area (Å²) in [6.45, 7) is 7.51. The topological polar surface area (TPSA) is 29.3 Å². The van der Waals surface area contributed by atoms with E-state index < -0.39 is 0 Å². The maximum absolute atomic E-state index is 5.88. The van der Waals surface area contributed by atoms with E-state index in [4.69, 9.17) is 5.73 Å². The highest BCUT2D eigenvalue weighted by Crippen LogP contribution is 2.28. The number of rotatable bonds is 4. The van der Waals surface area contributed by atoms with E-state index in [9.17, 15) is 0 Å². The first-order valence-corrected chi connectivity index (χ1v) is 6.80. The van der Waals surface area contributed by atoms with Crippen molar-refractivity contribution in [2.75, 3.05) is 17.2 Å². The first-order valence-electron chi connectivity index (χ1n) is 6.80. The molecule has 0 bridgehead atoms. The highest BCUT2D eigenvalue weighted by Gasteiger charge is 2.14. The van der Waals surface area contributed by atoms with Gasteiger partial charge in [-0.2, -0.15) is 0 Å². The van der Waals surface area contributed by atoms with E-state index in [0.29, 0.717) is 6.04 Å². The Balaban J connectivity index is 2.31. The standard InChI is InChI=1S/C17H22N2/c1-4-19(17-10-5-7-13(2)11-17)14(3)15-8-6-9-16(18)12-15/h5-12,14H,4,18H2,1-3H3. The summed E-state index contributed by atoms with van der Waals surface area (Å²) >= 11 is 0. The van der Waals surface area contributed by atoms with Crippen molar-refractivity contribution in [3.05, 3.63) is 59.7 Å². The van der Waals surface area contributed by atoms with Gasteiger partial charge in [-0.25, -0.2) is 0 Å². The fraction of sp³-hybridized carbons (Fsp3) is 0.294. The predicted octanol–water partition coefficient (Wildman–Crippen LogP) is 4.16. The lowest BCUT2D eigenvalue weighted by Gasteiger charge is -2.31. The van der Waals surface area contributed by atoms with Gasteiger partial charge < -0.3 is 10.6 Å². The van der Waals surface area contributed by atoms with Crippen molar-refractivity contribution in [3.8, 4) is 0 Å². The molecule has 2 aromatic carbocycles. The van der Waals surface area contributed by atoms with Gasteiger partial charge in [-0.05, 0) is 56.2 Å². The molecule has 2 heteroatoms. The van der Waals surface area contributed by atoms with Crippen molar-refractivity contribution in [1.29, 1.82) is 0 Å². The SMILES string of the molecule is CCN(c1cccc(C)c1)C(C)c1cccc(N)c1. The monoisotopic (exact) mass is 254 g/mol. The summed E-state index contributed by atoms with van der Waals surface area (Å²) < 4.78 is 0. The predicted molar refractivity (Wildman–Crippen MR) is 83.5 cm³/mol. The van der Waals surface area contributed by atoms with Gasteiger partial charge in [0.2, 0.25) is 0 Å². The van der Waals surface area contributed by atoms with Gasteiger partial charge in [-0.1, -0.05) is 24.3 Å². The summed E-state index contributed by atoms with van der Waals surface area (Å²) in [5.41, 5.74) is 10.5. The maximum Gasteiger partial charge on any atom is 0.0514 e. The minimum absolute atomic E-state index is 0.315. The van der Waals surface area contributed by atoms with Crippen LogP contribution in [-0.2, 0) is 0 Å². The zero-order chi connectivity index (χ0) is 13.8. The van der Waals surface area contributed by atoms with E-state index >= 15 is 0 Å². The largest absolute Gasteiger partial charge is 0.399 e. The summed E-state index contributed by atoms with van der Waals surface area (Å²) in [5.74, 6) is 0. The van der Waals surface area contributed by atoms with Crippen molar-refractivity contribution in [2.24, 2.45) is 0 Å². The van der Waals surface area contributed by atoms with Crippen LogP contribution in [0.4, 0.5) is 11.4 Å². The number of hydrogen-bond donors (Lipinski definition) is 1. The Kier molecular flexibility index (Phi) is 4.10. The second-order valence-corrected chi connectivity index (χ2v) is 4.97. The number of nitrogen functional groups attached to an aromatic ring is 1. The molecule has 0 aliphatic heterocycles. The molecule has 2 N–H and O–H groups in total. The quantitative estimate of drug-likeness (QED) is 0.830. The smallest absolute Gasteiger partial charge is 0.0514 e. The minimum atomic E-state index is 0.315. The fourth-order valence-electron chi connectivity index (χ4n) is 2.49. The van der Waals surface area contributed by atoms with Gasteiger partial charge in [-0.3, -0.25) is 0 Å². The maximum atomic E-state index is 5.88. The van der Waals surface area contributed by atoms with Crippen molar-refractivity contribution >= 4 is 11.4 Å². The van der Waals surface area contributed by atoms with Crippen LogP contribution in [-0.4, -0.2) is 6.54 Å². The van der Waals surface area contributed by atoms with Gasteiger partial charge in [0.05, 0.1) is 6.04 Å². The highest BCUT2D eigenvalue weighted by atomic mass is 15.1. The third-order valence-corrected chi connectivity index (χ3v) is 3.53. The zero-order valence-electron chi connectivity index (χ0n) is 11.9. The van der Waals surface area contributed by atoms with Crippen LogP contribution in [0.15, 0.2) is 48.5 Å². The number of nitrogens with two attached hydrogens (primary N) is 1. The molecule has 100 valence electrons. The Morgan fingerprint density at radius 3 is 2.47 bits per heavy atom. The fourth-order valence-corrected chi connectivity index (χ4v) is 2.49. The minimum Gasteiger partial charge on any atom is -0.399 e. The van der Waals surface area contributed by atoms with Crippen molar-refractivity contribution in [3.63, 3.8) is 0 Å². The number of benzene rings is 2. The van der Waals surface area contributed by atoms with Crippen LogP contribution in [0, 0.1) is 6.92 Å². The molecule has 1 unspecified atom stereocenters. The summed E-state index contributed by atoms with van der Waals surface area (Å²) in [6.07, 6.45) is 0. The van der Waals surface area contributed by atoms with Crippen molar-refractivity contribution in [2.45, 2.75) is 26.8 Å². The summed E-state index contributed by atoms with van der Waals surface area (Å²) in [5, 5.41) is 0. The second kappa shape index (κ2) is 5.79. The first-order chi connectivity index (χ1) is 9.11. The van der Waals surface area contributed by atoms with E-state index in [1.165, 1.54) is 16.8 Å². The van der Waals surface area contributed by atoms with Gasteiger partial charge in [0, 0.05) is 17.9 Å². The first kappa shape index (κ1) is 13.5. The van der Waals surface area contributed by atoms with Gasteiger partial charge in [-0.15, -0.1) is 0 Å². The van der Waals surface area contributed by atoms with Crippen LogP contribution >= 0.6 is 0 Å². The Morgan fingerprint density at radius 1 is 1.11 bits per heavy atom. The molecule has 0 amide bonds. The van der Waals surface area contributed by atoms with E-state index in [-0.39, 0.29) is 0 Å². The van der Waals surface area contributed by atoms with Gasteiger partial charge in [0.1, 0.15) is 0 Å². The molecule has 0 saturated carbocycles. The molecule has 19 heavy (non-hydrogen) atoms. The van der Waals surface area contributed by atoms with Crippen LogP contribution in [0.3, 0.4) is 0 Å². The van der Waals surface area contributed by atoms with Gasteiger partial charge in [0.25, 0.3) is 0 Å². The normalized spacial score (nSPS) is 12.2. The molecule has 0 aliphatic carbocycles. The number of hydrogen-bond acceptors (Lipinski definition) is 2. The van der Waals surface area contributed by atoms with Crippen LogP contribution in [0.25, 0.3) is 0 Å². The van der Waals surface area contributed by atoms with E-state index in [0.717, 1.165) is 12.2 Å². The Bertz CT molecular complexity index is 548. The molecule has 2 aromatic rings. The summed E-state index contributed by atoms with van der Waals surface area (Å²) in [7, 11) is 0. The Hall–Kier alpha value is -1.96. The highest BCUT2D eigenvalue weighted by molar-refractivity contribution is 5.52. The molecule has 1 atom stereocenters. The average molecular weight is 254 g/mol. The Labute approximate surface area is 115 Å². The van der Waals surface area contributed by atoms with Gasteiger partial charge >= 0.3 is 0 Å². The lowest BCUT2D eigenvalue weighted by Crippen LogP contribution is -2.26. The molecule has 0 saturated heterocycles. The van der Waals surface area contributed by atoms with Crippen LogP contribution in [0.1, 0.15) is 31.0 Å². The molecule has 0 radical (unpaired) electrons. The third kappa shape index (κ3) is 3.08. The molecule has 0 heterocycles. The second-order valence-electron chi connectivity index (χ2n) is 4.97. The lowest BCUT2D eigenvalue weighted by molar-refractivity contribution is 0.690. The third-order valence-electron chi connectivity index (χ3n) is 3.53. The molecule has 2 nitrogen and oxygen atoms in total. The van der Waals surface area contributed by atoms with E-state index in [1.807, 2.05) is 12.1 Å². The summed E-state index contributed by atoms with van der Waals surface area (Å²) in [6, 6.07) is 17.1. The van der Waals surface area contributed by atoms with Crippen LogP contribution in [0.5, 0.6) is 0 Å². The number of nitrogens with zero attached hydrogens (tertiary/aromatic N) is 1. The number of aryl methyl sites for hydroxylation is 1.